The fourth-order valence-corrected chi connectivity index (χ4v) is 5.58. The van der Waals surface area contributed by atoms with Crippen LogP contribution in [0.15, 0.2) is 65.5 Å². The van der Waals surface area contributed by atoms with Gasteiger partial charge in [-0.2, -0.15) is 0 Å². The maximum absolute atomic E-state index is 13.7. The number of nitrogens with zero attached hydrogens (tertiary/aromatic N) is 2. The summed E-state index contributed by atoms with van der Waals surface area (Å²) < 4.78 is 12.7. The third-order valence-electron chi connectivity index (χ3n) is 7.41. The third kappa shape index (κ3) is 5.36. The first-order chi connectivity index (χ1) is 18.0. The zero-order valence-electron chi connectivity index (χ0n) is 21.2. The van der Waals surface area contributed by atoms with Crippen LogP contribution in [0.4, 0.5) is 0 Å². The number of ether oxygens (including phenoxy) is 2. The Hall–Kier alpha value is -3.35. The first-order valence-electron chi connectivity index (χ1n) is 12.7. The number of hydrogen-bond donors (Lipinski definition) is 1. The molecule has 6 nitrogen and oxygen atoms in total. The van der Waals surface area contributed by atoms with Crippen molar-refractivity contribution in [2.75, 3.05) is 20.8 Å². The molecular formula is C30H32ClN3O3. The number of aromatic nitrogens is 2. The van der Waals surface area contributed by atoms with E-state index in [4.69, 9.17) is 31.8 Å². The Kier molecular flexibility index (Phi) is 7.49. The average Bonchev–Trinajstić information content (AvgIpc) is 2.94. The number of halogens is 1. The van der Waals surface area contributed by atoms with Crippen molar-refractivity contribution in [2.24, 2.45) is 17.6 Å². The predicted molar refractivity (Wildman–Crippen MR) is 149 cm³/mol. The first-order valence-corrected chi connectivity index (χ1v) is 13.1. The molecule has 1 aliphatic rings. The van der Waals surface area contributed by atoms with Gasteiger partial charge in [-0.25, -0.2) is 4.98 Å². The van der Waals surface area contributed by atoms with Crippen LogP contribution in [0, 0.1) is 11.8 Å². The fourth-order valence-electron chi connectivity index (χ4n) is 5.41. The van der Waals surface area contributed by atoms with Gasteiger partial charge >= 0.3 is 0 Å². The van der Waals surface area contributed by atoms with E-state index in [-0.39, 0.29) is 5.56 Å². The number of hydrogen-bond acceptors (Lipinski definition) is 5. The molecular weight excluding hydrogens is 486 g/mol. The van der Waals surface area contributed by atoms with Gasteiger partial charge in [0.05, 0.1) is 25.1 Å². The molecule has 4 aromatic rings. The van der Waals surface area contributed by atoms with E-state index in [0.717, 1.165) is 47.5 Å². The van der Waals surface area contributed by atoms with Crippen LogP contribution in [0.1, 0.15) is 25.7 Å². The summed E-state index contributed by atoms with van der Waals surface area (Å²) in [5.74, 6) is 3.02. The molecule has 0 amide bonds. The van der Waals surface area contributed by atoms with E-state index in [0.29, 0.717) is 46.7 Å². The van der Waals surface area contributed by atoms with Crippen molar-refractivity contribution in [2.45, 2.75) is 32.2 Å². The van der Waals surface area contributed by atoms with Gasteiger partial charge in [0.1, 0.15) is 17.3 Å². The number of benzene rings is 3. The summed E-state index contributed by atoms with van der Waals surface area (Å²) in [5, 5.41) is 1.14. The van der Waals surface area contributed by atoms with Crippen LogP contribution in [0.2, 0.25) is 5.02 Å². The van der Waals surface area contributed by atoms with Crippen LogP contribution >= 0.6 is 11.6 Å². The second-order valence-electron chi connectivity index (χ2n) is 9.83. The molecule has 5 rings (SSSR count). The van der Waals surface area contributed by atoms with Crippen LogP contribution in [0.25, 0.3) is 33.4 Å². The monoisotopic (exact) mass is 517 g/mol. The highest BCUT2D eigenvalue weighted by molar-refractivity contribution is 6.31. The minimum absolute atomic E-state index is 0.0341. The highest BCUT2D eigenvalue weighted by Gasteiger charge is 2.24. The molecule has 1 aromatic heterocycles. The van der Waals surface area contributed by atoms with Crippen LogP contribution in [0.5, 0.6) is 11.5 Å². The zero-order valence-corrected chi connectivity index (χ0v) is 22.0. The Balaban J connectivity index is 1.57. The minimum Gasteiger partial charge on any atom is -0.497 e. The summed E-state index contributed by atoms with van der Waals surface area (Å²) in [4.78, 5) is 18.7. The minimum atomic E-state index is -0.0341. The van der Waals surface area contributed by atoms with Gasteiger partial charge in [-0.15, -0.1) is 0 Å². The third-order valence-corrected chi connectivity index (χ3v) is 7.65. The van der Waals surface area contributed by atoms with Gasteiger partial charge in [-0.1, -0.05) is 42.3 Å². The summed E-state index contributed by atoms with van der Waals surface area (Å²) in [6.45, 7) is 1.33. The normalized spacial score (nSPS) is 17.6. The topological polar surface area (TPSA) is 79.4 Å². The molecule has 2 N–H and O–H groups in total. The van der Waals surface area contributed by atoms with Crippen LogP contribution in [-0.2, 0) is 6.54 Å². The number of rotatable bonds is 7. The quantitative estimate of drug-likeness (QED) is 0.317. The van der Waals surface area contributed by atoms with E-state index in [1.54, 1.807) is 32.4 Å². The smallest absolute Gasteiger partial charge is 0.261 e. The van der Waals surface area contributed by atoms with Gasteiger partial charge in [0.25, 0.3) is 5.56 Å². The maximum Gasteiger partial charge on any atom is 0.261 e. The Morgan fingerprint density at radius 1 is 0.919 bits per heavy atom. The Labute approximate surface area is 222 Å². The van der Waals surface area contributed by atoms with Crippen LogP contribution in [0.3, 0.4) is 0 Å². The number of fused-ring (bicyclic) bond motifs is 1. The highest BCUT2D eigenvalue weighted by atomic mass is 35.5. The molecule has 0 radical (unpaired) electrons. The van der Waals surface area contributed by atoms with Crippen molar-refractivity contribution in [1.82, 2.24) is 9.55 Å². The lowest BCUT2D eigenvalue weighted by Gasteiger charge is -2.29. The largest absolute Gasteiger partial charge is 0.497 e. The van der Waals surface area contributed by atoms with E-state index >= 15 is 0 Å². The van der Waals surface area contributed by atoms with E-state index in [1.165, 1.54) is 6.42 Å². The molecule has 192 valence electrons. The van der Waals surface area contributed by atoms with Gasteiger partial charge < -0.3 is 15.2 Å². The maximum atomic E-state index is 13.7. The molecule has 1 aliphatic carbocycles. The van der Waals surface area contributed by atoms with Gasteiger partial charge in [0, 0.05) is 23.2 Å². The Bertz CT molecular complexity index is 1440. The standard InChI is InChI=1S/C30H32ClN3O3/c1-36-25-13-23(14-26(16-25)37-2)21-6-8-22(9-7-21)29-33-28-15-24(31)10-11-27(28)30(35)34(29)18-20-5-3-4-19(12-20)17-32/h6-11,13-16,19-20H,3-5,12,17-18,32H2,1-2H3. The summed E-state index contributed by atoms with van der Waals surface area (Å²) in [5.41, 5.74) is 9.43. The Morgan fingerprint density at radius 3 is 2.27 bits per heavy atom. The molecule has 0 aliphatic heterocycles. The molecule has 1 fully saturated rings. The summed E-state index contributed by atoms with van der Waals surface area (Å²) in [7, 11) is 3.28. The van der Waals surface area contributed by atoms with Gasteiger partial charge in [-0.05, 0) is 79.1 Å². The van der Waals surface area contributed by atoms with Crippen molar-refractivity contribution in [3.8, 4) is 34.0 Å². The van der Waals surface area contributed by atoms with Crippen molar-refractivity contribution in [3.05, 3.63) is 76.0 Å². The summed E-state index contributed by atoms with van der Waals surface area (Å²) in [6.07, 6.45) is 4.45. The fraction of sp³-hybridized carbons (Fsp3) is 0.333. The molecule has 0 saturated heterocycles. The molecule has 0 spiro atoms. The van der Waals surface area contributed by atoms with Crippen LogP contribution < -0.4 is 20.8 Å². The lowest BCUT2D eigenvalue weighted by Crippen LogP contribution is -2.30. The predicted octanol–water partition coefficient (Wildman–Crippen LogP) is 6.17. The molecule has 7 heteroatoms. The molecule has 2 unspecified atom stereocenters. The van der Waals surface area contributed by atoms with Gasteiger partial charge in [0.2, 0.25) is 0 Å². The lowest BCUT2D eigenvalue weighted by molar-refractivity contribution is 0.246. The first kappa shape index (κ1) is 25.3. The molecule has 0 bridgehead atoms. The van der Waals surface area contributed by atoms with Gasteiger partial charge in [0.15, 0.2) is 0 Å². The molecule has 2 atom stereocenters. The highest BCUT2D eigenvalue weighted by Crippen LogP contribution is 2.33. The summed E-state index contributed by atoms with van der Waals surface area (Å²) >= 11 is 6.25. The second kappa shape index (κ2) is 11.0. The van der Waals surface area contributed by atoms with E-state index in [2.05, 4.69) is 0 Å². The van der Waals surface area contributed by atoms with E-state index in [9.17, 15) is 4.79 Å². The molecule has 3 aromatic carbocycles. The Morgan fingerprint density at radius 2 is 1.59 bits per heavy atom. The SMILES string of the molecule is COc1cc(OC)cc(-c2ccc(-c3nc4cc(Cl)ccc4c(=O)n3CC3CCCC(CN)C3)cc2)c1. The molecule has 37 heavy (non-hydrogen) atoms. The van der Waals surface area contributed by atoms with Crippen molar-refractivity contribution in [1.29, 1.82) is 0 Å². The van der Waals surface area contributed by atoms with Crippen molar-refractivity contribution in [3.63, 3.8) is 0 Å². The number of methoxy groups -OCH3 is 2. The molecule has 1 heterocycles. The van der Waals surface area contributed by atoms with E-state index < -0.39 is 0 Å². The average molecular weight is 518 g/mol. The summed E-state index contributed by atoms with van der Waals surface area (Å²) in [6, 6.07) is 19.2. The van der Waals surface area contributed by atoms with E-state index in [1.807, 2.05) is 47.0 Å². The molecule has 1 saturated carbocycles. The second-order valence-corrected chi connectivity index (χ2v) is 10.3. The lowest BCUT2D eigenvalue weighted by atomic mass is 9.81. The number of nitrogens with two attached hydrogens (primary N) is 1. The van der Waals surface area contributed by atoms with Crippen molar-refractivity contribution < 1.29 is 9.47 Å². The van der Waals surface area contributed by atoms with Crippen molar-refractivity contribution >= 4 is 22.5 Å². The van der Waals surface area contributed by atoms with Gasteiger partial charge in [-0.3, -0.25) is 9.36 Å². The zero-order chi connectivity index (χ0) is 25.9. The van der Waals surface area contributed by atoms with Crippen LogP contribution in [-0.4, -0.2) is 30.3 Å².